The number of rotatable bonds is 3. The Morgan fingerprint density at radius 3 is 2.24 bits per heavy atom. The van der Waals surface area contributed by atoms with Crippen LogP contribution < -0.4 is 4.90 Å². The van der Waals surface area contributed by atoms with Gasteiger partial charge in [-0.05, 0) is 77.2 Å². The largest absolute Gasteiger partial charge is 0.352 e. The molecule has 1 aliphatic heterocycles. The molecule has 0 bridgehead atoms. The predicted octanol–water partition coefficient (Wildman–Crippen LogP) is 5.02. The van der Waals surface area contributed by atoms with Crippen molar-refractivity contribution in [1.29, 1.82) is 0 Å². The van der Waals surface area contributed by atoms with E-state index in [-0.39, 0.29) is 5.91 Å². The Morgan fingerprint density at radius 2 is 1.62 bits per heavy atom. The van der Waals surface area contributed by atoms with Gasteiger partial charge in [0.05, 0.1) is 10.7 Å². The summed E-state index contributed by atoms with van der Waals surface area (Å²) in [5.74, 6) is 0.861. The van der Waals surface area contributed by atoms with Crippen LogP contribution in [0.4, 0.5) is 5.82 Å². The first-order chi connectivity index (χ1) is 14.0. The van der Waals surface area contributed by atoms with Crippen LogP contribution in [0.3, 0.4) is 0 Å². The molecule has 3 aromatic rings. The summed E-state index contributed by atoms with van der Waals surface area (Å²) in [4.78, 5) is 16.7. The van der Waals surface area contributed by atoms with Crippen molar-refractivity contribution in [3.8, 4) is 11.3 Å². The van der Waals surface area contributed by atoms with E-state index < -0.39 is 0 Å². The molecule has 29 heavy (non-hydrogen) atoms. The quantitative estimate of drug-likeness (QED) is 0.439. The second-order valence-corrected chi connectivity index (χ2v) is 8.78. The molecular formula is C21H17Cl2IN4O. The van der Waals surface area contributed by atoms with Gasteiger partial charge in [0.1, 0.15) is 0 Å². The predicted molar refractivity (Wildman–Crippen MR) is 125 cm³/mol. The molecule has 0 unspecified atom stereocenters. The number of anilines is 1. The summed E-state index contributed by atoms with van der Waals surface area (Å²) in [6.07, 6.45) is 0. The molecule has 1 fully saturated rings. The molecule has 2 heterocycles. The molecular weight excluding hydrogens is 522 g/mol. The van der Waals surface area contributed by atoms with Crippen molar-refractivity contribution in [2.24, 2.45) is 0 Å². The number of amides is 1. The van der Waals surface area contributed by atoms with Crippen molar-refractivity contribution in [2.75, 3.05) is 31.1 Å². The summed E-state index contributed by atoms with van der Waals surface area (Å²) in [6.45, 7) is 2.73. The molecule has 4 rings (SSSR count). The van der Waals surface area contributed by atoms with Crippen LogP contribution in [0.5, 0.6) is 0 Å². The summed E-state index contributed by atoms with van der Waals surface area (Å²) in [6, 6.07) is 16.8. The minimum absolute atomic E-state index is 0.0693. The highest BCUT2D eigenvalue weighted by atomic mass is 127. The first-order valence-corrected chi connectivity index (χ1v) is 10.9. The number of carbonyl (C=O) groups excluding carboxylic acids is 1. The van der Waals surface area contributed by atoms with Gasteiger partial charge in [0.2, 0.25) is 0 Å². The third-order valence-corrected chi connectivity index (χ3v) is 6.11. The number of nitrogens with zero attached hydrogens (tertiary/aromatic N) is 4. The highest BCUT2D eigenvalue weighted by Gasteiger charge is 2.23. The Kier molecular flexibility index (Phi) is 6.22. The van der Waals surface area contributed by atoms with Crippen molar-refractivity contribution < 1.29 is 4.79 Å². The van der Waals surface area contributed by atoms with E-state index in [1.807, 2.05) is 47.4 Å². The first kappa shape index (κ1) is 20.4. The monoisotopic (exact) mass is 538 g/mol. The van der Waals surface area contributed by atoms with Crippen molar-refractivity contribution in [2.45, 2.75) is 0 Å². The number of carbonyl (C=O) groups is 1. The fourth-order valence-corrected chi connectivity index (χ4v) is 4.11. The number of piperazine rings is 1. The molecule has 148 valence electrons. The van der Waals surface area contributed by atoms with Gasteiger partial charge in [-0.1, -0.05) is 23.2 Å². The second kappa shape index (κ2) is 8.85. The van der Waals surface area contributed by atoms with Crippen molar-refractivity contribution in [1.82, 2.24) is 15.1 Å². The summed E-state index contributed by atoms with van der Waals surface area (Å²) in [5.41, 5.74) is 2.22. The topological polar surface area (TPSA) is 49.3 Å². The maximum atomic E-state index is 12.7. The molecule has 0 radical (unpaired) electrons. The molecule has 2 aromatic carbocycles. The molecule has 0 atom stereocenters. The molecule has 1 saturated heterocycles. The first-order valence-electron chi connectivity index (χ1n) is 9.10. The Labute approximate surface area is 192 Å². The van der Waals surface area contributed by atoms with Gasteiger partial charge in [-0.15, -0.1) is 10.2 Å². The zero-order chi connectivity index (χ0) is 20.4. The van der Waals surface area contributed by atoms with Crippen molar-refractivity contribution in [3.05, 3.63) is 73.8 Å². The fourth-order valence-electron chi connectivity index (χ4n) is 3.25. The van der Waals surface area contributed by atoms with Crippen molar-refractivity contribution in [3.63, 3.8) is 0 Å². The molecule has 0 aliphatic carbocycles. The lowest BCUT2D eigenvalue weighted by molar-refractivity contribution is 0.0746. The Morgan fingerprint density at radius 1 is 0.897 bits per heavy atom. The van der Waals surface area contributed by atoms with E-state index in [4.69, 9.17) is 23.2 Å². The minimum atomic E-state index is 0.0693. The lowest BCUT2D eigenvalue weighted by Gasteiger charge is -2.35. The molecule has 5 nitrogen and oxygen atoms in total. The van der Waals surface area contributed by atoms with E-state index >= 15 is 0 Å². The van der Waals surface area contributed by atoms with E-state index in [1.54, 1.807) is 12.1 Å². The van der Waals surface area contributed by atoms with E-state index in [9.17, 15) is 4.79 Å². The van der Waals surface area contributed by atoms with Crippen LogP contribution in [0, 0.1) is 3.57 Å². The SMILES string of the molecule is O=C(c1ccc(I)cc1)N1CCN(c2ccc(-c3ccc(Cl)cc3Cl)nn2)CC1. The van der Waals surface area contributed by atoms with Crippen LogP contribution in [-0.2, 0) is 0 Å². The molecule has 1 aromatic heterocycles. The van der Waals surface area contributed by atoms with Crippen LogP contribution in [-0.4, -0.2) is 47.2 Å². The third-order valence-electron chi connectivity index (χ3n) is 4.84. The standard InChI is InChI=1S/C21H17Cl2IN4O/c22-15-3-6-17(18(23)13-15)19-7-8-20(26-25-19)27-9-11-28(12-10-27)21(29)14-1-4-16(24)5-2-14/h1-8,13H,9-12H2. The van der Waals surface area contributed by atoms with Crippen LogP contribution in [0.15, 0.2) is 54.6 Å². The Balaban J connectivity index is 1.41. The average molecular weight is 539 g/mol. The van der Waals surface area contributed by atoms with Gasteiger partial charge in [0, 0.05) is 45.9 Å². The van der Waals surface area contributed by atoms with Crippen LogP contribution in [0.25, 0.3) is 11.3 Å². The summed E-state index contributed by atoms with van der Waals surface area (Å²) >= 11 is 14.4. The van der Waals surface area contributed by atoms with Gasteiger partial charge in [0.15, 0.2) is 5.82 Å². The number of benzene rings is 2. The number of hydrogen-bond acceptors (Lipinski definition) is 4. The smallest absolute Gasteiger partial charge is 0.253 e. The van der Waals surface area contributed by atoms with E-state index in [0.717, 1.165) is 20.5 Å². The molecule has 0 N–H and O–H groups in total. The highest BCUT2D eigenvalue weighted by Crippen LogP contribution is 2.29. The van der Waals surface area contributed by atoms with E-state index in [0.29, 0.717) is 41.9 Å². The van der Waals surface area contributed by atoms with Crippen LogP contribution >= 0.6 is 45.8 Å². The maximum absolute atomic E-state index is 12.7. The third kappa shape index (κ3) is 4.65. The number of aromatic nitrogens is 2. The molecule has 0 saturated carbocycles. The van der Waals surface area contributed by atoms with Crippen LogP contribution in [0.2, 0.25) is 10.0 Å². The Bertz CT molecular complexity index is 1020. The number of halogens is 3. The summed E-state index contributed by atoms with van der Waals surface area (Å²) < 4.78 is 1.12. The number of hydrogen-bond donors (Lipinski definition) is 0. The molecule has 1 aliphatic rings. The van der Waals surface area contributed by atoms with E-state index in [2.05, 4.69) is 37.7 Å². The fraction of sp³-hybridized carbons (Fsp3) is 0.190. The molecule has 8 heteroatoms. The van der Waals surface area contributed by atoms with Gasteiger partial charge in [-0.3, -0.25) is 4.79 Å². The summed E-state index contributed by atoms with van der Waals surface area (Å²) in [5, 5.41) is 9.81. The van der Waals surface area contributed by atoms with Gasteiger partial charge in [-0.25, -0.2) is 0 Å². The van der Waals surface area contributed by atoms with Gasteiger partial charge >= 0.3 is 0 Å². The Hall–Kier alpha value is -1.90. The summed E-state index contributed by atoms with van der Waals surface area (Å²) in [7, 11) is 0. The van der Waals surface area contributed by atoms with Crippen molar-refractivity contribution >= 4 is 57.5 Å². The maximum Gasteiger partial charge on any atom is 0.253 e. The van der Waals surface area contributed by atoms with Gasteiger partial charge in [0.25, 0.3) is 5.91 Å². The molecule has 0 spiro atoms. The zero-order valence-corrected chi connectivity index (χ0v) is 19.0. The average Bonchev–Trinajstić information content (AvgIpc) is 2.74. The van der Waals surface area contributed by atoms with E-state index in [1.165, 1.54) is 0 Å². The van der Waals surface area contributed by atoms with Gasteiger partial charge in [-0.2, -0.15) is 0 Å². The normalized spacial score (nSPS) is 14.2. The highest BCUT2D eigenvalue weighted by molar-refractivity contribution is 14.1. The van der Waals surface area contributed by atoms with Gasteiger partial charge < -0.3 is 9.80 Å². The lowest BCUT2D eigenvalue weighted by Crippen LogP contribution is -2.49. The lowest BCUT2D eigenvalue weighted by atomic mass is 10.1. The van der Waals surface area contributed by atoms with Crippen LogP contribution in [0.1, 0.15) is 10.4 Å². The zero-order valence-electron chi connectivity index (χ0n) is 15.4. The minimum Gasteiger partial charge on any atom is -0.352 e. The second-order valence-electron chi connectivity index (χ2n) is 6.69. The molecule has 1 amide bonds.